The van der Waals surface area contributed by atoms with Crippen LogP contribution in [0.25, 0.3) is 0 Å². The Kier molecular flexibility index (Phi) is 13.4. The third-order valence-corrected chi connectivity index (χ3v) is 2.96. The third kappa shape index (κ3) is 12.7. The van der Waals surface area contributed by atoms with E-state index in [4.69, 9.17) is 0 Å². The molecule has 13 heavy (non-hydrogen) atoms. The lowest BCUT2D eigenvalue weighted by Crippen LogP contribution is -2.16. The van der Waals surface area contributed by atoms with E-state index < -0.39 is 0 Å². The third-order valence-electron chi connectivity index (χ3n) is 2.19. The smallest absolute Gasteiger partial charge is 0.000473 e. The van der Waals surface area contributed by atoms with Gasteiger partial charge in [-0.2, -0.15) is 0 Å². The van der Waals surface area contributed by atoms with Crippen LogP contribution in [0, 0.1) is 0 Å². The van der Waals surface area contributed by atoms with Crippen molar-refractivity contribution < 1.29 is 0 Å². The van der Waals surface area contributed by atoms with Crippen LogP contribution in [-0.2, 0) is 0 Å². The first-order valence-corrected chi connectivity index (χ1v) is 7.21. The number of hydrogen-bond acceptors (Lipinski definition) is 1. The lowest BCUT2D eigenvalue weighted by molar-refractivity contribution is 0.574. The molecule has 0 heterocycles. The molecule has 0 aromatic carbocycles. The lowest BCUT2D eigenvalue weighted by Gasteiger charge is -2.03. The number of hydrogen-bond donors (Lipinski definition) is 1. The zero-order valence-electron chi connectivity index (χ0n) is 8.95. The Bertz CT molecular complexity index is 76.2. The van der Waals surface area contributed by atoms with E-state index >= 15 is 0 Å². The fraction of sp³-hybridized carbons (Fsp3) is 1.00. The molecule has 0 aliphatic carbocycles. The van der Waals surface area contributed by atoms with Crippen LogP contribution in [0.3, 0.4) is 0 Å². The highest BCUT2D eigenvalue weighted by Gasteiger charge is 1.89. The van der Waals surface area contributed by atoms with E-state index in [0.29, 0.717) is 0 Å². The van der Waals surface area contributed by atoms with Gasteiger partial charge in [0.15, 0.2) is 0 Å². The molecule has 0 saturated carbocycles. The average Bonchev–Trinajstić information content (AvgIpc) is 2.16. The van der Waals surface area contributed by atoms with Crippen molar-refractivity contribution in [2.75, 3.05) is 17.5 Å². The number of unbranched alkanes of at least 4 members (excludes halogenated alkanes) is 5. The van der Waals surface area contributed by atoms with Crippen LogP contribution in [0.4, 0.5) is 0 Å². The first-order chi connectivity index (χ1) is 6.41. The number of halogens is 1. The minimum atomic E-state index is 1.22. The molecule has 0 aromatic rings. The van der Waals surface area contributed by atoms with Gasteiger partial charge in [-0.15, -0.1) is 0 Å². The van der Waals surface area contributed by atoms with Gasteiger partial charge < -0.3 is 5.32 Å². The van der Waals surface area contributed by atoms with Crippen LogP contribution in [0.2, 0.25) is 0 Å². The fourth-order valence-corrected chi connectivity index (χ4v) is 1.86. The van der Waals surface area contributed by atoms with E-state index in [1.54, 1.807) is 0 Å². The van der Waals surface area contributed by atoms with Crippen molar-refractivity contribution in [2.45, 2.75) is 51.9 Å². The molecule has 0 fully saturated rings. The van der Waals surface area contributed by atoms with Crippen molar-refractivity contribution in [3.8, 4) is 0 Å². The number of nitrogens with one attached hydrogen (secondary N) is 1. The predicted octanol–water partition coefficient (Wildman–Crippen LogP) is 3.76. The molecule has 0 aliphatic rings. The molecule has 0 unspecified atom stereocenters. The quantitative estimate of drug-likeness (QED) is 0.368. The lowest BCUT2D eigenvalue weighted by atomic mass is 10.2. The van der Waals surface area contributed by atoms with Crippen LogP contribution in [0.5, 0.6) is 0 Å². The van der Waals surface area contributed by atoms with Crippen molar-refractivity contribution in [3.63, 3.8) is 0 Å². The topological polar surface area (TPSA) is 12.0 Å². The summed E-state index contributed by atoms with van der Waals surface area (Å²) in [7, 11) is 0. The fourth-order valence-electron chi connectivity index (χ4n) is 1.32. The van der Waals surface area contributed by atoms with Gasteiger partial charge in [0, 0.05) is 0 Å². The summed E-state index contributed by atoms with van der Waals surface area (Å²) in [5.74, 6) is 0. The van der Waals surface area contributed by atoms with Crippen LogP contribution in [0.1, 0.15) is 51.9 Å². The van der Waals surface area contributed by atoms with Crippen LogP contribution in [-0.4, -0.2) is 17.5 Å². The summed E-state index contributed by atoms with van der Waals surface area (Å²) in [6.07, 6.45) is 9.64. The summed E-state index contributed by atoms with van der Waals surface area (Å²) < 4.78 is 1.32. The Morgan fingerprint density at radius 2 is 1.46 bits per heavy atom. The highest BCUT2D eigenvalue weighted by atomic mass is 127. The Labute approximate surface area is 97.2 Å². The van der Waals surface area contributed by atoms with E-state index in [-0.39, 0.29) is 0 Å². The van der Waals surface area contributed by atoms with Gasteiger partial charge in [-0.1, -0.05) is 55.2 Å². The molecule has 0 atom stereocenters. The van der Waals surface area contributed by atoms with Gasteiger partial charge in [0.25, 0.3) is 0 Å². The molecule has 0 amide bonds. The summed E-state index contributed by atoms with van der Waals surface area (Å²) in [6.45, 7) is 4.70. The molecule has 1 nitrogen and oxygen atoms in total. The summed E-state index contributed by atoms with van der Waals surface area (Å²) in [5.41, 5.74) is 0. The zero-order valence-corrected chi connectivity index (χ0v) is 11.1. The Morgan fingerprint density at radius 1 is 0.846 bits per heavy atom. The van der Waals surface area contributed by atoms with Gasteiger partial charge in [0.05, 0.1) is 0 Å². The molecular weight excluding hydrogens is 273 g/mol. The van der Waals surface area contributed by atoms with Crippen molar-refractivity contribution in [1.82, 2.24) is 5.32 Å². The predicted molar refractivity (Wildman–Crippen MR) is 69.7 cm³/mol. The zero-order chi connectivity index (χ0) is 9.78. The first-order valence-electron chi connectivity index (χ1n) is 5.68. The molecule has 0 radical (unpaired) electrons. The molecule has 0 spiro atoms. The standard InChI is InChI=1S/C11H24IN/c1-2-3-7-10-13-11-8-5-4-6-9-12/h13H,2-11H2,1H3. The Morgan fingerprint density at radius 3 is 2.08 bits per heavy atom. The maximum absolute atomic E-state index is 3.50. The SMILES string of the molecule is CCCCCNCCCCCCI. The van der Waals surface area contributed by atoms with Gasteiger partial charge in [0.2, 0.25) is 0 Å². The van der Waals surface area contributed by atoms with Gasteiger partial charge in [-0.25, -0.2) is 0 Å². The minimum absolute atomic E-state index is 1.22. The number of alkyl halides is 1. The largest absolute Gasteiger partial charge is 0.317 e. The normalized spacial score (nSPS) is 10.6. The van der Waals surface area contributed by atoms with Crippen LogP contribution < -0.4 is 5.32 Å². The molecule has 0 aromatic heterocycles. The monoisotopic (exact) mass is 297 g/mol. The van der Waals surface area contributed by atoms with E-state index in [2.05, 4.69) is 34.8 Å². The maximum atomic E-state index is 3.50. The van der Waals surface area contributed by atoms with Gasteiger partial charge in [-0.3, -0.25) is 0 Å². The first kappa shape index (κ1) is 13.7. The molecule has 80 valence electrons. The molecule has 0 saturated heterocycles. The Hall–Kier alpha value is 0.690. The van der Waals surface area contributed by atoms with Crippen molar-refractivity contribution in [3.05, 3.63) is 0 Å². The summed E-state index contributed by atoms with van der Waals surface area (Å²) in [5, 5.41) is 3.50. The van der Waals surface area contributed by atoms with E-state index in [9.17, 15) is 0 Å². The number of rotatable bonds is 10. The summed E-state index contributed by atoms with van der Waals surface area (Å²) >= 11 is 2.46. The maximum Gasteiger partial charge on any atom is -0.000473 e. The molecule has 0 bridgehead atoms. The second-order valence-corrected chi connectivity index (χ2v) is 4.64. The van der Waals surface area contributed by atoms with Crippen molar-refractivity contribution in [2.24, 2.45) is 0 Å². The van der Waals surface area contributed by atoms with Crippen molar-refractivity contribution >= 4 is 22.6 Å². The van der Waals surface area contributed by atoms with Gasteiger partial charge in [0.1, 0.15) is 0 Å². The van der Waals surface area contributed by atoms with Crippen LogP contribution >= 0.6 is 22.6 Å². The highest BCUT2D eigenvalue weighted by Crippen LogP contribution is 2.01. The molecule has 0 rings (SSSR count). The summed E-state index contributed by atoms with van der Waals surface area (Å²) in [4.78, 5) is 0. The van der Waals surface area contributed by atoms with Crippen LogP contribution in [0.15, 0.2) is 0 Å². The molecule has 1 N–H and O–H groups in total. The molecule has 2 heteroatoms. The molecule has 0 aliphatic heterocycles. The van der Waals surface area contributed by atoms with E-state index in [1.165, 1.54) is 62.5 Å². The van der Waals surface area contributed by atoms with Gasteiger partial charge in [-0.05, 0) is 36.8 Å². The van der Waals surface area contributed by atoms with E-state index in [0.717, 1.165) is 0 Å². The second-order valence-electron chi connectivity index (χ2n) is 3.56. The average molecular weight is 297 g/mol. The van der Waals surface area contributed by atoms with Gasteiger partial charge >= 0.3 is 0 Å². The molecular formula is C11H24IN. The summed E-state index contributed by atoms with van der Waals surface area (Å²) in [6, 6.07) is 0. The van der Waals surface area contributed by atoms with E-state index in [1.807, 2.05) is 0 Å². The second kappa shape index (κ2) is 12.7. The van der Waals surface area contributed by atoms with Crippen molar-refractivity contribution in [1.29, 1.82) is 0 Å². The minimum Gasteiger partial charge on any atom is -0.317 e. The highest BCUT2D eigenvalue weighted by molar-refractivity contribution is 14.1. The Balaban J connectivity index is 2.76.